The molecule has 0 aliphatic heterocycles. The summed E-state index contributed by atoms with van der Waals surface area (Å²) < 4.78 is 50.7. The molecule has 1 amide bonds. The molecule has 0 aliphatic carbocycles. The molecular formula is C17H15F2NO3S. The molecule has 0 fully saturated rings. The molecule has 0 heterocycles. The molecule has 0 atom stereocenters. The predicted octanol–water partition coefficient (Wildman–Crippen LogP) is 3.49. The maximum atomic E-state index is 13.7. The monoisotopic (exact) mass is 351 g/mol. The summed E-state index contributed by atoms with van der Waals surface area (Å²) in [6.45, 7) is 5.06. The first-order chi connectivity index (χ1) is 11.2. The zero-order valence-corrected chi connectivity index (χ0v) is 13.7. The van der Waals surface area contributed by atoms with Crippen LogP contribution in [-0.4, -0.2) is 20.1 Å². The van der Waals surface area contributed by atoms with Gasteiger partial charge in [-0.2, -0.15) is 0 Å². The second-order valence-corrected chi connectivity index (χ2v) is 7.16. The van der Waals surface area contributed by atoms with Crippen molar-refractivity contribution in [1.29, 1.82) is 0 Å². The second kappa shape index (κ2) is 6.92. The van der Waals surface area contributed by atoms with Crippen LogP contribution >= 0.6 is 0 Å². The number of nitrogens with one attached hydrogen (secondary N) is 1. The zero-order chi connectivity index (χ0) is 17.9. The normalized spacial score (nSPS) is 11.1. The Bertz CT molecular complexity index is 908. The maximum absolute atomic E-state index is 13.7. The fraction of sp³-hybridized carbons (Fsp3) is 0.118. The van der Waals surface area contributed by atoms with E-state index in [0.29, 0.717) is 11.6 Å². The van der Waals surface area contributed by atoms with E-state index in [-0.39, 0.29) is 21.9 Å². The summed E-state index contributed by atoms with van der Waals surface area (Å²) >= 11 is 0. The third kappa shape index (κ3) is 3.86. The summed E-state index contributed by atoms with van der Waals surface area (Å²) in [5, 5.41) is 2.45. The van der Waals surface area contributed by atoms with Gasteiger partial charge in [0.05, 0.1) is 16.2 Å². The number of rotatable bonds is 5. The van der Waals surface area contributed by atoms with E-state index < -0.39 is 27.4 Å². The van der Waals surface area contributed by atoms with Crippen molar-refractivity contribution in [2.45, 2.75) is 11.8 Å². The standard InChI is InChI=1S/C17H15F2NO3S/c1-3-8-24(22,23)13-6-4-11(2)16(10-13)20-17(21)14-7-5-12(18)9-15(14)19/h3-7,9-10H,1,8H2,2H3,(H,20,21). The van der Waals surface area contributed by atoms with Crippen molar-refractivity contribution in [3.05, 3.63) is 71.8 Å². The molecule has 4 nitrogen and oxygen atoms in total. The third-order valence-electron chi connectivity index (χ3n) is 3.33. The molecule has 1 N–H and O–H groups in total. The van der Waals surface area contributed by atoms with Gasteiger partial charge >= 0.3 is 0 Å². The molecule has 0 unspecified atom stereocenters. The molecule has 126 valence electrons. The second-order valence-electron chi connectivity index (χ2n) is 5.13. The highest BCUT2D eigenvalue weighted by Crippen LogP contribution is 2.22. The summed E-state index contributed by atoms with van der Waals surface area (Å²) in [5.74, 6) is -2.83. The predicted molar refractivity (Wildman–Crippen MR) is 87.7 cm³/mol. The van der Waals surface area contributed by atoms with Crippen molar-refractivity contribution >= 4 is 21.4 Å². The van der Waals surface area contributed by atoms with Crippen LogP contribution in [0.25, 0.3) is 0 Å². The molecule has 0 saturated heterocycles. The molecule has 24 heavy (non-hydrogen) atoms. The minimum absolute atomic E-state index is 0.0166. The molecule has 0 bridgehead atoms. The average Bonchev–Trinajstić information content (AvgIpc) is 2.49. The number of halogens is 2. The number of hydrogen-bond donors (Lipinski definition) is 1. The number of sulfone groups is 1. The molecule has 0 aliphatic rings. The van der Waals surface area contributed by atoms with Crippen molar-refractivity contribution in [1.82, 2.24) is 0 Å². The Labute approximate surface area is 138 Å². The van der Waals surface area contributed by atoms with E-state index in [1.165, 1.54) is 24.3 Å². The van der Waals surface area contributed by atoms with Crippen molar-refractivity contribution in [2.24, 2.45) is 0 Å². The van der Waals surface area contributed by atoms with E-state index in [4.69, 9.17) is 0 Å². The van der Waals surface area contributed by atoms with Gasteiger partial charge in [0.25, 0.3) is 5.91 Å². The summed E-state index contributed by atoms with van der Waals surface area (Å²) in [5.41, 5.74) is 0.493. The zero-order valence-electron chi connectivity index (χ0n) is 12.8. The van der Waals surface area contributed by atoms with Crippen LogP contribution in [0.15, 0.2) is 53.9 Å². The van der Waals surface area contributed by atoms with E-state index in [0.717, 1.165) is 12.1 Å². The van der Waals surface area contributed by atoms with Gasteiger partial charge in [0, 0.05) is 11.8 Å². The number of carbonyl (C=O) groups is 1. The Morgan fingerprint density at radius 1 is 1.21 bits per heavy atom. The van der Waals surface area contributed by atoms with Crippen LogP contribution in [-0.2, 0) is 9.84 Å². The quantitative estimate of drug-likeness (QED) is 0.839. The highest BCUT2D eigenvalue weighted by molar-refractivity contribution is 7.91. The molecule has 0 spiro atoms. The lowest BCUT2D eigenvalue weighted by Crippen LogP contribution is -2.15. The molecule has 0 saturated carbocycles. The number of benzene rings is 2. The van der Waals surface area contributed by atoms with Gasteiger partial charge in [0.15, 0.2) is 9.84 Å². The van der Waals surface area contributed by atoms with Gasteiger partial charge in [0.2, 0.25) is 0 Å². The van der Waals surface area contributed by atoms with Crippen molar-refractivity contribution in [3.8, 4) is 0 Å². The van der Waals surface area contributed by atoms with Gasteiger partial charge in [0.1, 0.15) is 11.6 Å². The number of aryl methyl sites for hydroxylation is 1. The first-order valence-electron chi connectivity index (χ1n) is 6.95. The number of anilines is 1. The lowest BCUT2D eigenvalue weighted by molar-refractivity contribution is 0.102. The van der Waals surface area contributed by atoms with E-state index >= 15 is 0 Å². The van der Waals surface area contributed by atoms with Crippen molar-refractivity contribution in [3.63, 3.8) is 0 Å². The Morgan fingerprint density at radius 3 is 2.54 bits per heavy atom. The van der Waals surface area contributed by atoms with Gasteiger partial charge in [-0.05, 0) is 36.8 Å². The molecule has 0 radical (unpaired) electrons. The lowest BCUT2D eigenvalue weighted by atomic mass is 10.1. The molecule has 7 heteroatoms. The fourth-order valence-electron chi connectivity index (χ4n) is 2.04. The molecular weight excluding hydrogens is 336 g/mol. The Kier molecular flexibility index (Phi) is 5.14. The van der Waals surface area contributed by atoms with Crippen LogP contribution in [0.5, 0.6) is 0 Å². The smallest absolute Gasteiger partial charge is 0.258 e. The van der Waals surface area contributed by atoms with Crippen molar-refractivity contribution < 1.29 is 22.0 Å². The summed E-state index contributed by atoms with van der Waals surface area (Å²) in [7, 11) is -3.56. The molecule has 2 aromatic carbocycles. The van der Waals surface area contributed by atoms with Gasteiger partial charge in [-0.15, -0.1) is 6.58 Å². The van der Waals surface area contributed by atoms with E-state index in [2.05, 4.69) is 11.9 Å². The van der Waals surface area contributed by atoms with Crippen LogP contribution in [0.2, 0.25) is 0 Å². The van der Waals surface area contributed by atoms with Gasteiger partial charge < -0.3 is 5.32 Å². The SMILES string of the molecule is C=CCS(=O)(=O)c1ccc(C)c(NC(=O)c2ccc(F)cc2F)c1. The van der Waals surface area contributed by atoms with Crippen LogP contribution in [0, 0.1) is 18.6 Å². The Balaban J connectivity index is 2.35. The summed E-state index contributed by atoms with van der Waals surface area (Å²) in [6.07, 6.45) is 1.27. The van der Waals surface area contributed by atoms with Crippen LogP contribution in [0.1, 0.15) is 15.9 Å². The Hall–Kier alpha value is -2.54. The summed E-state index contributed by atoms with van der Waals surface area (Å²) in [4.78, 5) is 12.2. The lowest BCUT2D eigenvalue weighted by Gasteiger charge is -2.11. The summed E-state index contributed by atoms with van der Waals surface area (Å²) in [6, 6.07) is 6.85. The maximum Gasteiger partial charge on any atom is 0.258 e. The van der Waals surface area contributed by atoms with Gasteiger partial charge in [-0.1, -0.05) is 12.1 Å². The fourth-order valence-corrected chi connectivity index (χ4v) is 3.12. The van der Waals surface area contributed by atoms with Crippen LogP contribution < -0.4 is 5.32 Å². The topological polar surface area (TPSA) is 63.2 Å². The van der Waals surface area contributed by atoms with E-state index in [1.54, 1.807) is 6.92 Å². The van der Waals surface area contributed by atoms with Crippen LogP contribution in [0.3, 0.4) is 0 Å². The highest BCUT2D eigenvalue weighted by Gasteiger charge is 2.17. The van der Waals surface area contributed by atoms with E-state index in [9.17, 15) is 22.0 Å². The molecule has 0 aromatic heterocycles. The van der Waals surface area contributed by atoms with Crippen LogP contribution in [0.4, 0.5) is 14.5 Å². The first kappa shape index (κ1) is 17.8. The molecule has 2 rings (SSSR count). The highest BCUT2D eigenvalue weighted by atomic mass is 32.2. The largest absolute Gasteiger partial charge is 0.322 e. The van der Waals surface area contributed by atoms with Gasteiger partial charge in [-0.25, -0.2) is 17.2 Å². The van der Waals surface area contributed by atoms with Crippen molar-refractivity contribution in [2.75, 3.05) is 11.1 Å². The number of carbonyl (C=O) groups excluding carboxylic acids is 1. The average molecular weight is 351 g/mol. The minimum Gasteiger partial charge on any atom is -0.322 e. The first-order valence-corrected chi connectivity index (χ1v) is 8.60. The number of amides is 1. The minimum atomic E-state index is -3.56. The molecule has 2 aromatic rings. The third-order valence-corrected chi connectivity index (χ3v) is 4.98. The number of hydrogen-bond acceptors (Lipinski definition) is 3. The Morgan fingerprint density at radius 2 is 1.92 bits per heavy atom. The van der Waals surface area contributed by atoms with E-state index in [1.807, 2.05) is 0 Å². The van der Waals surface area contributed by atoms with Gasteiger partial charge in [-0.3, -0.25) is 4.79 Å².